The van der Waals surface area contributed by atoms with Gasteiger partial charge in [-0.25, -0.2) is 15.8 Å². The number of piperidine rings is 1. The molecule has 114 valence electrons. The predicted molar refractivity (Wildman–Crippen MR) is 83.1 cm³/mol. The van der Waals surface area contributed by atoms with E-state index >= 15 is 0 Å². The zero-order valence-electron chi connectivity index (χ0n) is 12.4. The summed E-state index contributed by atoms with van der Waals surface area (Å²) in [5.41, 5.74) is 2.67. The van der Waals surface area contributed by atoms with E-state index in [0.717, 1.165) is 11.6 Å². The van der Waals surface area contributed by atoms with Crippen LogP contribution in [0.4, 0.5) is 11.6 Å². The molecule has 6 nitrogen and oxygen atoms in total. The number of rotatable bonds is 4. The maximum Gasteiger partial charge on any atom is 0.145 e. The topological polar surface area (TPSA) is 79.1 Å². The summed E-state index contributed by atoms with van der Waals surface area (Å²) in [6.45, 7) is 2.47. The van der Waals surface area contributed by atoms with Gasteiger partial charge in [0.15, 0.2) is 0 Å². The number of aromatic nitrogens is 2. The van der Waals surface area contributed by atoms with E-state index in [-0.39, 0.29) is 0 Å². The Kier molecular flexibility index (Phi) is 3.43. The van der Waals surface area contributed by atoms with E-state index in [4.69, 9.17) is 10.8 Å². The van der Waals surface area contributed by atoms with Crippen molar-refractivity contribution in [3.63, 3.8) is 0 Å². The van der Waals surface area contributed by atoms with Crippen molar-refractivity contribution in [2.24, 2.45) is 5.84 Å². The molecule has 1 saturated carbocycles. The molecule has 2 unspecified atom stereocenters. The van der Waals surface area contributed by atoms with Crippen LogP contribution in [0.1, 0.15) is 50.3 Å². The van der Waals surface area contributed by atoms with Crippen LogP contribution in [0.2, 0.25) is 0 Å². The molecule has 0 amide bonds. The van der Waals surface area contributed by atoms with Gasteiger partial charge in [-0.2, -0.15) is 0 Å². The van der Waals surface area contributed by atoms with Crippen molar-refractivity contribution in [3.8, 4) is 0 Å². The number of fused-ring (bicyclic) bond motifs is 1. The van der Waals surface area contributed by atoms with Gasteiger partial charge in [0.05, 0.1) is 0 Å². The number of nitrogens with one attached hydrogen (secondary N) is 2. The van der Waals surface area contributed by atoms with Crippen molar-refractivity contribution >= 4 is 11.6 Å². The van der Waals surface area contributed by atoms with Crippen LogP contribution in [0, 0.1) is 0 Å². The van der Waals surface area contributed by atoms with Gasteiger partial charge in [0.1, 0.15) is 17.5 Å². The number of nitrogen functional groups attached to an aromatic ring is 1. The molecule has 0 radical (unpaired) electrons. The summed E-state index contributed by atoms with van der Waals surface area (Å²) in [5, 5.41) is 3.65. The second kappa shape index (κ2) is 5.42. The average molecular weight is 288 g/mol. The normalized spacial score (nSPS) is 29.2. The SMILES string of the molecule is NNc1cc(NC2CCN3CCCCC23)nc(C2CC2)n1. The molecule has 0 aromatic carbocycles. The molecule has 1 aromatic rings. The molecule has 4 N–H and O–H groups in total. The molecule has 0 spiro atoms. The number of nitrogens with zero attached hydrogens (tertiary/aromatic N) is 3. The molecule has 1 aromatic heterocycles. The van der Waals surface area contributed by atoms with Crippen LogP contribution in [0.15, 0.2) is 6.07 Å². The van der Waals surface area contributed by atoms with E-state index in [1.54, 1.807) is 0 Å². The highest BCUT2D eigenvalue weighted by atomic mass is 15.3. The third-order valence-electron chi connectivity index (χ3n) is 5.02. The maximum absolute atomic E-state index is 5.55. The minimum absolute atomic E-state index is 0.512. The number of nitrogens with two attached hydrogens (primary N) is 1. The Morgan fingerprint density at radius 2 is 1.90 bits per heavy atom. The van der Waals surface area contributed by atoms with Crippen LogP contribution < -0.4 is 16.6 Å². The van der Waals surface area contributed by atoms with Crippen LogP contribution in [-0.4, -0.2) is 40.0 Å². The summed E-state index contributed by atoms with van der Waals surface area (Å²) < 4.78 is 0. The second-order valence-electron chi connectivity index (χ2n) is 6.55. The lowest BCUT2D eigenvalue weighted by Gasteiger charge is -2.32. The Morgan fingerprint density at radius 1 is 1.05 bits per heavy atom. The lowest BCUT2D eigenvalue weighted by Crippen LogP contribution is -2.41. The van der Waals surface area contributed by atoms with Crippen LogP contribution in [0.25, 0.3) is 0 Å². The van der Waals surface area contributed by atoms with Crippen molar-refractivity contribution in [3.05, 3.63) is 11.9 Å². The molecule has 2 aliphatic heterocycles. The number of hydrogen-bond acceptors (Lipinski definition) is 6. The van der Waals surface area contributed by atoms with E-state index in [1.165, 1.54) is 51.6 Å². The molecule has 4 rings (SSSR count). The smallest absolute Gasteiger partial charge is 0.145 e. The third kappa shape index (κ3) is 2.70. The fourth-order valence-electron chi connectivity index (χ4n) is 3.74. The van der Waals surface area contributed by atoms with Gasteiger partial charge >= 0.3 is 0 Å². The fraction of sp³-hybridized carbons (Fsp3) is 0.733. The van der Waals surface area contributed by atoms with Gasteiger partial charge in [0, 0.05) is 30.6 Å². The Labute approximate surface area is 125 Å². The summed E-state index contributed by atoms with van der Waals surface area (Å²) in [4.78, 5) is 11.8. The lowest BCUT2D eigenvalue weighted by molar-refractivity contribution is 0.192. The molecule has 3 aliphatic rings. The minimum Gasteiger partial charge on any atom is -0.366 e. The van der Waals surface area contributed by atoms with Gasteiger partial charge in [-0.05, 0) is 38.6 Å². The van der Waals surface area contributed by atoms with E-state index in [1.807, 2.05) is 6.07 Å². The van der Waals surface area contributed by atoms with Crippen LogP contribution in [0.3, 0.4) is 0 Å². The molecule has 3 heterocycles. The predicted octanol–water partition coefficient (Wildman–Crippen LogP) is 1.68. The number of anilines is 2. The Morgan fingerprint density at radius 3 is 2.71 bits per heavy atom. The summed E-state index contributed by atoms with van der Waals surface area (Å²) >= 11 is 0. The van der Waals surface area contributed by atoms with Crippen molar-refractivity contribution in [1.82, 2.24) is 14.9 Å². The first-order valence-corrected chi connectivity index (χ1v) is 8.19. The molecule has 1 aliphatic carbocycles. The molecule has 21 heavy (non-hydrogen) atoms. The summed E-state index contributed by atoms with van der Waals surface area (Å²) in [6.07, 6.45) is 7.62. The Hall–Kier alpha value is -1.40. The van der Waals surface area contributed by atoms with E-state index in [2.05, 4.69) is 20.6 Å². The van der Waals surface area contributed by atoms with E-state index < -0.39 is 0 Å². The van der Waals surface area contributed by atoms with Crippen LogP contribution in [-0.2, 0) is 0 Å². The third-order valence-corrected chi connectivity index (χ3v) is 5.02. The second-order valence-corrected chi connectivity index (χ2v) is 6.55. The van der Waals surface area contributed by atoms with Crippen molar-refractivity contribution in [1.29, 1.82) is 0 Å². The number of hydrazine groups is 1. The zero-order valence-corrected chi connectivity index (χ0v) is 12.4. The largest absolute Gasteiger partial charge is 0.366 e. The first-order valence-electron chi connectivity index (χ1n) is 8.19. The highest BCUT2D eigenvalue weighted by Crippen LogP contribution is 2.39. The van der Waals surface area contributed by atoms with Crippen LogP contribution in [0.5, 0.6) is 0 Å². The molecular weight excluding hydrogens is 264 g/mol. The Bertz CT molecular complexity index is 515. The van der Waals surface area contributed by atoms with Crippen LogP contribution >= 0.6 is 0 Å². The van der Waals surface area contributed by atoms with Crippen molar-refractivity contribution in [2.45, 2.75) is 56.5 Å². The molecule has 6 heteroatoms. The monoisotopic (exact) mass is 288 g/mol. The minimum atomic E-state index is 0.512. The van der Waals surface area contributed by atoms with Gasteiger partial charge in [-0.1, -0.05) is 6.42 Å². The van der Waals surface area contributed by atoms with Crippen molar-refractivity contribution in [2.75, 3.05) is 23.8 Å². The van der Waals surface area contributed by atoms with Gasteiger partial charge in [-0.15, -0.1) is 0 Å². The number of hydrogen-bond donors (Lipinski definition) is 3. The highest BCUT2D eigenvalue weighted by molar-refractivity contribution is 5.48. The zero-order chi connectivity index (χ0) is 14.2. The van der Waals surface area contributed by atoms with E-state index in [0.29, 0.717) is 23.8 Å². The average Bonchev–Trinajstić information content (AvgIpc) is 3.30. The first-order chi connectivity index (χ1) is 10.3. The molecule has 0 bridgehead atoms. The van der Waals surface area contributed by atoms with Gasteiger partial charge in [0.2, 0.25) is 0 Å². The highest BCUT2D eigenvalue weighted by Gasteiger charge is 2.36. The van der Waals surface area contributed by atoms with Gasteiger partial charge in [-0.3, -0.25) is 4.90 Å². The van der Waals surface area contributed by atoms with E-state index in [9.17, 15) is 0 Å². The summed E-state index contributed by atoms with van der Waals surface area (Å²) in [6, 6.07) is 3.11. The van der Waals surface area contributed by atoms with Gasteiger partial charge < -0.3 is 10.7 Å². The van der Waals surface area contributed by atoms with Crippen molar-refractivity contribution < 1.29 is 0 Å². The standard InChI is InChI=1S/C15H24N6/c16-20-14-9-13(18-15(19-14)10-4-5-10)17-11-6-8-21-7-2-1-3-12(11)21/h9-12H,1-8,16H2,(H2,17,18,19,20). The summed E-state index contributed by atoms with van der Waals surface area (Å²) in [7, 11) is 0. The molecule has 2 saturated heterocycles. The first kappa shape index (κ1) is 13.3. The maximum atomic E-state index is 5.55. The van der Waals surface area contributed by atoms with Gasteiger partial charge in [0.25, 0.3) is 0 Å². The Balaban J connectivity index is 1.52. The molecule has 3 fully saturated rings. The fourth-order valence-corrected chi connectivity index (χ4v) is 3.74. The quantitative estimate of drug-likeness (QED) is 0.578. The molecule has 2 atom stereocenters. The molecular formula is C15H24N6. The lowest BCUT2D eigenvalue weighted by atomic mass is 9.99. The summed E-state index contributed by atoms with van der Waals surface area (Å²) in [5.74, 6) is 8.66.